The Morgan fingerprint density at radius 2 is 1.77 bits per heavy atom. The van der Waals surface area contributed by atoms with Crippen molar-refractivity contribution in [3.05, 3.63) is 62.8 Å². The monoisotopic (exact) mass is 429 g/mol. The third-order valence-electron chi connectivity index (χ3n) is 4.11. The normalized spacial score (nSPS) is 12.7. The molecule has 1 amide bonds. The molecule has 0 saturated carbocycles. The second kappa shape index (κ2) is 7.13. The zero-order chi connectivity index (χ0) is 18.1. The quantitative estimate of drug-likeness (QED) is 0.596. The average Bonchev–Trinajstić information content (AvgIpc) is 3.13. The summed E-state index contributed by atoms with van der Waals surface area (Å²) in [6, 6.07) is 13.7. The number of fused-ring (bicyclic) bond motifs is 1. The molecule has 0 aliphatic carbocycles. The van der Waals surface area contributed by atoms with Crippen molar-refractivity contribution < 1.29 is 14.3 Å². The maximum absolute atomic E-state index is 12.9. The number of rotatable bonds is 3. The van der Waals surface area contributed by atoms with Crippen molar-refractivity contribution in [3.63, 3.8) is 0 Å². The summed E-state index contributed by atoms with van der Waals surface area (Å²) in [6.45, 7) is 3.08. The Bertz CT molecular complexity index is 966. The molecule has 0 unspecified atom stereocenters. The van der Waals surface area contributed by atoms with E-state index < -0.39 is 0 Å². The smallest absolute Gasteiger partial charge is 0.266 e. The van der Waals surface area contributed by atoms with Gasteiger partial charge in [0.05, 0.1) is 10.6 Å². The lowest BCUT2D eigenvalue weighted by molar-refractivity contribution is 0.103. The Hall–Kier alpha value is -2.31. The molecule has 1 aliphatic rings. The fraction of sp³-hybridized carbons (Fsp3) is 0.150. The summed E-state index contributed by atoms with van der Waals surface area (Å²) in [5.41, 5.74) is 3.81. The van der Waals surface area contributed by atoms with Crippen LogP contribution in [0.2, 0.25) is 0 Å². The van der Waals surface area contributed by atoms with E-state index in [4.69, 9.17) is 9.47 Å². The summed E-state index contributed by atoms with van der Waals surface area (Å²) in [7, 11) is 0. The van der Waals surface area contributed by atoms with Crippen LogP contribution in [-0.4, -0.2) is 19.1 Å². The van der Waals surface area contributed by atoms with Crippen molar-refractivity contribution in [1.29, 1.82) is 0 Å². The number of anilines is 1. The highest BCUT2D eigenvalue weighted by Gasteiger charge is 2.19. The van der Waals surface area contributed by atoms with Gasteiger partial charge in [0.1, 0.15) is 13.2 Å². The molecule has 4 rings (SSSR count). The van der Waals surface area contributed by atoms with E-state index in [1.807, 2.05) is 48.7 Å². The SMILES string of the molecule is Cc1ccc(-c2ccsc2C(=O)Nc2cc3c(cc2Br)OCCO3)cc1. The molecule has 26 heavy (non-hydrogen) atoms. The number of benzene rings is 2. The summed E-state index contributed by atoms with van der Waals surface area (Å²) >= 11 is 4.92. The minimum atomic E-state index is -0.145. The van der Waals surface area contributed by atoms with Gasteiger partial charge in [-0.2, -0.15) is 0 Å². The van der Waals surface area contributed by atoms with Crippen LogP contribution in [0.25, 0.3) is 11.1 Å². The highest BCUT2D eigenvalue weighted by Crippen LogP contribution is 2.39. The number of halogens is 1. The fourth-order valence-corrected chi connectivity index (χ4v) is 4.02. The van der Waals surface area contributed by atoms with Gasteiger partial charge in [-0.25, -0.2) is 0 Å². The van der Waals surface area contributed by atoms with E-state index in [-0.39, 0.29) is 5.91 Å². The van der Waals surface area contributed by atoms with Gasteiger partial charge in [-0.05, 0) is 39.9 Å². The topological polar surface area (TPSA) is 47.6 Å². The molecule has 0 atom stereocenters. The summed E-state index contributed by atoms with van der Waals surface area (Å²) in [5, 5.41) is 4.91. The molecule has 2 aromatic carbocycles. The maximum atomic E-state index is 12.9. The highest BCUT2D eigenvalue weighted by molar-refractivity contribution is 9.10. The van der Waals surface area contributed by atoms with Gasteiger partial charge in [0, 0.05) is 22.2 Å². The first kappa shape index (κ1) is 17.1. The molecular formula is C20H16BrNO3S. The van der Waals surface area contributed by atoms with Crippen LogP contribution in [-0.2, 0) is 0 Å². The highest BCUT2D eigenvalue weighted by atomic mass is 79.9. The number of amides is 1. The van der Waals surface area contributed by atoms with Crippen molar-refractivity contribution in [1.82, 2.24) is 0 Å². The summed E-state index contributed by atoms with van der Waals surface area (Å²) in [4.78, 5) is 13.5. The van der Waals surface area contributed by atoms with Crippen LogP contribution < -0.4 is 14.8 Å². The Morgan fingerprint density at radius 1 is 1.08 bits per heavy atom. The van der Waals surface area contributed by atoms with Crippen molar-refractivity contribution in [2.45, 2.75) is 6.92 Å². The first-order valence-corrected chi connectivity index (χ1v) is 9.84. The molecule has 0 spiro atoms. The maximum Gasteiger partial charge on any atom is 0.266 e. The largest absolute Gasteiger partial charge is 0.486 e. The number of thiophene rings is 1. The molecule has 0 saturated heterocycles. The summed E-state index contributed by atoms with van der Waals surface area (Å²) in [5.74, 6) is 1.17. The standard InChI is InChI=1S/C20H16BrNO3S/c1-12-2-4-13(5-3-12)14-6-9-26-19(14)20(23)22-16-11-18-17(10-15(16)21)24-7-8-25-18/h2-6,9-11H,7-8H2,1H3,(H,22,23). The predicted molar refractivity (Wildman–Crippen MR) is 108 cm³/mol. The zero-order valence-electron chi connectivity index (χ0n) is 14.0. The zero-order valence-corrected chi connectivity index (χ0v) is 16.4. The van der Waals surface area contributed by atoms with E-state index in [9.17, 15) is 4.79 Å². The minimum absolute atomic E-state index is 0.145. The molecule has 0 radical (unpaired) electrons. The van der Waals surface area contributed by atoms with E-state index >= 15 is 0 Å². The van der Waals surface area contributed by atoms with Crippen molar-refractivity contribution >= 4 is 38.9 Å². The van der Waals surface area contributed by atoms with Crippen LogP contribution in [0.3, 0.4) is 0 Å². The van der Waals surface area contributed by atoms with Crippen LogP contribution >= 0.6 is 27.3 Å². The van der Waals surface area contributed by atoms with Crippen LogP contribution in [0.4, 0.5) is 5.69 Å². The van der Waals surface area contributed by atoms with Crippen LogP contribution in [0.15, 0.2) is 52.3 Å². The predicted octanol–water partition coefficient (Wildman–Crippen LogP) is 5.51. The number of ether oxygens (including phenoxy) is 2. The average molecular weight is 430 g/mol. The Kier molecular flexibility index (Phi) is 4.70. The molecular weight excluding hydrogens is 414 g/mol. The molecule has 3 aromatic rings. The summed E-state index contributed by atoms with van der Waals surface area (Å²) in [6.07, 6.45) is 0. The van der Waals surface area contributed by atoms with Gasteiger partial charge in [-0.1, -0.05) is 29.8 Å². The third-order valence-corrected chi connectivity index (χ3v) is 5.68. The Balaban J connectivity index is 1.62. The number of hydrogen-bond donors (Lipinski definition) is 1. The lowest BCUT2D eigenvalue weighted by Crippen LogP contribution is -2.16. The summed E-state index contributed by atoms with van der Waals surface area (Å²) < 4.78 is 11.9. The van der Waals surface area contributed by atoms with Crippen LogP contribution in [0, 0.1) is 6.92 Å². The Labute approximate surface area is 163 Å². The fourth-order valence-electron chi connectivity index (χ4n) is 2.78. The van der Waals surface area contributed by atoms with Gasteiger partial charge in [-0.3, -0.25) is 4.79 Å². The number of carbonyl (C=O) groups is 1. The van der Waals surface area contributed by atoms with E-state index in [1.54, 1.807) is 6.07 Å². The van der Waals surface area contributed by atoms with Gasteiger partial charge in [0.2, 0.25) is 0 Å². The number of nitrogens with one attached hydrogen (secondary N) is 1. The molecule has 0 fully saturated rings. The molecule has 2 heterocycles. The van der Waals surface area contributed by atoms with Crippen LogP contribution in [0.1, 0.15) is 15.2 Å². The van der Waals surface area contributed by atoms with E-state index in [0.717, 1.165) is 15.6 Å². The second-order valence-corrected chi connectivity index (χ2v) is 7.73. The van der Waals surface area contributed by atoms with E-state index in [2.05, 4.69) is 21.2 Å². The Morgan fingerprint density at radius 3 is 2.50 bits per heavy atom. The van der Waals surface area contributed by atoms with Gasteiger partial charge >= 0.3 is 0 Å². The molecule has 0 bridgehead atoms. The molecule has 1 aliphatic heterocycles. The van der Waals surface area contributed by atoms with E-state index in [0.29, 0.717) is 35.3 Å². The number of hydrogen-bond acceptors (Lipinski definition) is 4. The van der Waals surface area contributed by atoms with Crippen molar-refractivity contribution in [2.75, 3.05) is 18.5 Å². The molecule has 1 N–H and O–H groups in total. The molecule has 132 valence electrons. The first-order chi connectivity index (χ1) is 12.6. The van der Waals surface area contributed by atoms with Gasteiger partial charge in [-0.15, -0.1) is 11.3 Å². The third kappa shape index (κ3) is 3.34. The molecule has 4 nitrogen and oxygen atoms in total. The van der Waals surface area contributed by atoms with Gasteiger partial charge in [0.25, 0.3) is 5.91 Å². The lowest BCUT2D eigenvalue weighted by Gasteiger charge is -2.20. The number of carbonyl (C=O) groups excluding carboxylic acids is 1. The van der Waals surface area contributed by atoms with Crippen molar-refractivity contribution in [3.8, 4) is 22.6 Å². The van der Waals surface area contributed by atoms with Crippen LogP contribution in [0.5, 0.6) is 11.5 Å². The second-order valence-electron chi connectivity index (χ2n) is 5.96. The molecule has 6 heteroatoms. The van der Waals surface area contributed by atoms with Gasteiger partial charge < -0.3 is 14.8 Å². The van der Waals surface area contributed by atoms with Crippen molar-refractivity contribution in [2.24, 2.45) is 0 Å². The number of aryl methyl sites for hydroxylation is 1. The lowest BCUT2D eigenvalue weighted by atomic mass is 10.0. The van der Waals surface area contributed by atoms with Gasteiger partial charge in [0.15, 0.2) is 11.5 Å². The first-order valence-electron chi connectivity index (χ1n) is 8.17. The minimum Gasteiger partial charge on any atom is -0.486 e. The van der Waals surface area contributed by atoms with E-state index in [1.165, 1.54) is 16.9 Å². The molecule has 1 aromatic heterocycles.